The molecule has 7 nitrogen and oxygen atoms in total. The summed E-state index contributed by atoms with van der Waals surface area (Å²) >= 11 is 5.98. The fourth-order valence-electron chi connectivity index (χ4n) is 3.65. The summed E-state index contributed by atoms with van der Waals surface area (Å²) in [6.45, 7) is 0. The number of amides is 4. The zero-order chi connectivity index (χ0) is 22.8. The van der Waals surface area contributed by atoms with Crippen molar-refractivity contribution in [1.82, 2.24) is 4.90 Å². The van der Waals surface area contributed by atoms with E-state index in [1.165, 1.54) is 18.2 Å². The van der Waals surface area contributed by atoms with Gasteiger partial charge in [0.05, 0.1) is 21.7 Å². The first-order chi connectivity index (χ1) is 15.4. The number of hydrogen-bond acceptors (Lipinski definition) is 4. The van der Waals surface area contributed by atoms with Gasteiger partial charge in [-0.3, -0.25) is 24.1 Å². The zero-order valence-corrected chi connectivity index (χ0v) is 17.5. The smallest absolute Gasteiger partial charge is 0.262 e. The Morgan fingerprint density at radius 3 is 2.09 bits per heavy atom. The second-order valence-corrected chi connectivity index (χ2v) is 7.69. The molecule has 0 unspecified atom stereocenters. The van der Waals surface area contributed by atoms with Crippen LogP contribution in [-0.4, -0.2) is 34.6 Å². The van der Waals surface area contributed by atoms with Gasteiger partial charge < -0.3 is 11.1 Å². The molecule has 4 rings (SSSR count). The van der Waals surface area contributed by atoms with Gasteiger partial charge in [0, 0.05) is 12.1 Å². The van der Waals surface area contributed by atoms with Crippen LogP contribution in [0.3, 0.4) is 0 Å². The molecule has 1 heterocycles. The van der Waals surface area contributed by atoms with Crippen molar-refractivity contribution in [2.45, 2.75) is 12.5 Å². The Balaban J connectivity index is 1.68. The summed E-state index contributed by atoms with van der Waals surface area (Å²) in [6.07, 6.45) is 0.119. The van der Waals surface area contributed by atoms with Gasteiger partial charge in [-0.1, -0.05) is 54.1 Å². The molecular formula is C24H18ClN3O4. The van der Waals surface area contributed by atoms with Gasteiger partial charge in [0.15, 0.2) is 0 Å². The molecule has 0 aliphatic carbocycles. The lowest BCUT2D eigenvalue weighted by molar-refractivity contribution is -0.119. The summed E-state index contributed by atoms with van der Waals surface area (Å²) in [5, 5.41) is 2.83. The van der Waals surface area contributed by atoms with Crippen molar-refractivity contribution in [2.24, 2.45) is 5.73 Å². The highest BCUT2D eigenvalue weighted by molar-refractivity contribution is 6.34. The number of carbonyl (C=O) groups is 4. The Morgan fingerprint density at radius 2 is 1.50 bits per heavy atom. The van der Waals surface area contributed by atoms with Crippen LogP contribution >= 0.6 is 11.6 Å². The van der Waals surface area contributed by atoms with Crippen LogP contribution in [0.2, 0.25) is 5.02 Å². The van der Waals surface area contributed by atoms with Gasteiger partial charge in [0.2, 0.25) is 11.8 Å². The summed E-state index contributed by atoms with van der Waals surface area (Å²) in [5.74, 6) is -2.39. The number of benzene rings is 3. The fraction of sp³-hybridized carbons (Fsp3) is 0.0833. The number of hydrogen-bond donors (Lipinski definition) is 2. The van der Waals surface area contributed by atoms with Crippen LogP contribution < -0.4 is 11.1 Å². The summed E-state index contributed by atoms with van der Waals surface area (Å²) in [4.78, 5) is 51.9. The molecule has 1 aliphatic rings. The highest BCUT2D eigenvalue weighted by atomic mass is 35.5. The van der Waals surface area contributed by atoms with E-state index in [1.54, 1.807) is 24.3 Å². The van der Waals surface area contributed by atoms with E-state index in [4.69, 9.17) is 17.3 Å². The number of carbonyl (C=O) groups excluding carboxylic acids is 4. The Morgan fingerprint density at radius 1 is 0.906 bits per heavy atom. The van der Waals surface area contributed by atoms with Crippen molar-refractivity contribution >= 4 is 40.9 Å². The van der Waals surface area contributed by atoms with E-state index in [1.807, 2.05) is 30.3 Å². The topological polar surface area (TPSA) is 110 Å². The molecule has 0 saturated heterocycles. The minimum Gasteiger partial charge on any atom is -0.366 e. The van der Waals surface area contributed by atoms with Crippen LogP contribution in [0, 0.1) is 0 Å². The molecule has 3 aromatic rings. The molecule has 3 N–H and O–H groups in total. The zero-order valence-electron chi connectivity index (χ0n) is 16.7. The Hall–Kier alpha value is -3.97. The van der Waals surface area contributed by atoms with Gasteiger partial charge in [0.25, 0.3) is 11.8 Å². The van der Waals surface area contributed by atoms with Crippen LogP contribution in [-0.2, 0) is 11.2 Å². The third kappa shape index (κ3) is 3.98. The van der Waals surface area contributed by atoms with E-state index in [-0.39, 0.29) is 33.8 Å². The summed E-state index contributed by atoms with van der Waals surface area (Å²) < 4.78 is 0. The van der Waals surface area contributed by atoms with Crippen molar-refractivity contribution in [3.05, 3.63) is 100 Å². The van der Waals surface area contributed by atoms with E-state index in [0.29, 0.717) is 0 Å². The van der Waals surface area contributed by atoms with E-state index in [2.05, 4.69) is 5.32 Å². The Labute approximate surface area is 188 Å². The standard InChI is InChI=1S/C24H18ClN3O4/c25-19-11-10-15(13-18(19)21(26)29)27-22(30)20(12-14-6-2-1-3-7-14)28-23(31)16-8-4-5-9-17(16)24(28)32/h1-11,13,20H,12H2,(H2,26,29)(H,27,30)/t20-/m0/s1. The first kappa shape index (κ1) is 21.3. The highest BCUT2D eigenvalue weighted by Crippen LogP contribution is 2.27. The average Bonchev–Trinajstić information content (AvgIpc) is 3.04. The number of nitrogens with zero attached hydrogens (tertiary/aromatic N) is 1. The number of halogens is 1. The molecule has 0 spiro atoms. The van der Waals surface area contributed by atoms with Crippen molar-refractivity contribution in [3.8, 4) is 0 Å². The predicted octanol–water partition coefficient (Wildman–Crippen LogP) is 3.28. The van der Waals surface area contributed by atoms with E-state index >= 15 is 0 Å². The molecule has 0 fully saturated rings. The lowest BCUT2D eigenvalue weighted by Crippen LogP contribution is -2.48. The molecule has 8 heteroatoms. The SMILES string of the molecule is NC(=O)c1cc(NC(=O)[C@H](Cc2ccccc2)N2C(=O)c3ccccc3C2=O)ccc1Cl. The third-order valence-electron chi connectivity index (χ3n) is 5.21. The molecule has 0 saturated carbocycles. The number of nitrogens with one attached hydrogen (secondary N) is 1. The van der Waals surface area contributed by atoms with Crippen molar-refractivity contribution in [2.75, 3.05) is 5.32 Å². The van der Waals surface area contributed by atoms with Crippen molar-refractivity contribution in [1.29, 1.82) is 0 Å². The maximum Gasteiger partial charge on any atom is 0.262 e. The highest BCUT2D eigenvalue weighted by Gasteiger charge is 2.42. The number of imide groups is 1. The Kier molecular flexibility index (Phi) is 5.75. The average molecular weight is 448 g/mol. The predicted molar refractivity (Wildman–Crippen MR) is 119 cm³/mol. The molecule has 0 aromatic heterocycles. The van der Waals surface area contributed by atoms with Gasteiger partial charge in [-0.05, 0) is 35.9 Å². The second kappa shape index (κ2) is 8.64. The molecule has 0 bridgehead atoms. The van der Waals surface area contributed by atoms with Crippen molar-refractivity contribution < 1.29 is 19.2 Å². The lowest BCUT2D eigenvalue weighted by Gasteiger charge is -2.25. The Bertz CT molecular complexity index is 1210. The molecule has 32 heavy (non-hydrogen) atoms. The monoisotopic (exact) mass is 447 g/mol. The van der Waals surface area contributed by atoms with Crippen LogP contribution in [0.25, 0.3) is 0 Å². The summed E-state index contributed by atoms with van der Waals surface area (Å²) in [7, 11) is 0. The maximum atomic E-state index is 13.3. The van der Waals surface area contributed by atoms with Gasteiger partial charge in [0.1, 0.15) is 6.04 Å². The number of anilines is 1. The summed E-state index contributed by atoms with van der Waals surface area (Å²) in [6, 6.07) is 18.7. The number of nitrogens with two attached hydrogens (primary N) is 1. The molecule has 4 amide bonds. The molecule has 0 radical (unpaired) electrons. The first-order valence-electron chi connectivity index (χ1n) is 9.78. The lowest BCUT2D eigenvalue weighted by atomic mass is 10.0. The van der Waals surface area contributed by atoms with Crippen LogP contribution in [0.15, 0.2) is 72.8 Å². The normalized spacial score (nSPS) is 13.6. The largest absolute Gasteiger partial charge is 0.366 e. The molecule has 3 aromatic carbocycles. The second-order valence-electron chi connectivity index (χ2n) is 7.28. The maximum absolute atomic E-state index is 13.3. The van der Waals surface area contributed by atoms with Crippen LogP contribution in [0.5, 0.6) is 0 Å². The minimum atomic E-state index is -1.11. The third-order valence-corrected chi connectivity index (χ3v) is 5.54. The van der Waals surface area contributed by atoms with Gasteiger partial charge in [-0.25, -0.2) is 0 Å². The van der Waals surface area contributed by atoms with E-state index in [0.717, 1.165) is 10.5 Å². The molecule has 160 valence electrons. The number of primary amides is 1. The minimum absolute atomic E-state index is 0.0461. The molecular weight excluding hydrogens is 430 g/mol. The van der Waals surface area contributed by atoms with Crippen molar-refractivity contribution in [3.63, 3.8) is 0 Å². The van der Waals surface area contributed by atoms with E-state index in [9.17, 15) is 19.2 Å². The van der Waals surface area contributed by atoms with Crippen LogP contribution in [0.4, 0.5) is 5.69 Å². The quantitative estimate of drug-likeness (QED) is 0.565. The molecule has 1 atom stereocenters. The summed E-state index contributed by atoms with van der Waals surface area (Å²) in [5.41, 5.74) is 6.93. The van der Waals surface area contributed by atoms with Gasteiger partial charge in [-0.2, -0.15) is 0 Å². The fourth-order valence-corrected chi connectivity index (χ4v) is 3.86. The van der Waals surface area contributed by atoms with E-state index < -0.39 is 29.7 Å². The van der Waals surface area contributed by atoms with Gasteiger partial charge in [-0.15, -0.1) is 0 Å². The van der Waals surface area contributed by atoms with Crippen LogP contribution in [0.1, 0.15) is 36.6 Å². The van der Waals surface area contributed by atoms with Gasteiger partial charge >= 0.3 is 0 Å². The number of fused-ring (bicyclic) bond motifs is 1. The molecule has 1 aliphatic heterocycles. The first-order valence-corrected chi connectivity index (χ1v) is 10.2. The number of rotatable bonds is 6.